The highest BCUT2D eigenvalue weighted by atomic mass is 32.2. The van der Waals surface area contributed by atoms with Gasteiger partial charge in [-0.2, -0.15) is 0 Å². The molecule has 2 rings (SSSR count). The molecule has 1 fully saturated rings. The van der Waals surface area contributed by atoms with E-state index in [2.05, 4.69) is 10.3 Å². The highest BCUT2D eigenvalue weighted by molar-refractivity contribution is 7.99. The molecule has 1 saturated heterocycles. The van der Waals surface area contributed by atoms with Crippen LogP contribution in [0.4, 0.5) is 5.69 Å². The fourth-order valence-electron chi connectivity index (χ4n) is 1.61. The number of anilines is 1. The minimum atomic E-state index is 0.660. The van der Waals surface area contributed by atoms with Crippen molar-refractivity contribution in [1.29, 1.82) is 0 Å². The van der Waals surface area contributed by atoms with E-state index in [1.807, 2.05) is 17.8 Å². The standard InChI is InChI=1S/C10H15N3S/c11-9-6-12-5-3-10(9)14-7-8-2-1-4-13-8/h3,5-6,8,13H,1-2,4,7,11H2/t8-/m1/s1. The van der Waals surface area contributed by atoms with Crippen LogP contribution < -0.4 is 11.1 Å². The summed E-state index contributed by atoms with van der Waals surface area (Å²) in [4.78, 5) is 5.12. The first-order valence-corrected chi connectivity index (χ1v) is 5.90. The highest BCUT2D eigenvalue weighted by Gasteiger charge is 2.14. The van der Waals surface area contributed by atoms with Crippen LogP contribution in [0.25, 0.3) is 0 Å². The SMILES string of the molecule is Nc1cnccc1SC[C@H]1CCCN1. The van der Waals surface area contributed by atoms with E-state index >= 15 is 0 Å². The molecule has 76 valence electrons. The second-order valence-electron chi connectivity index (χ2n) is 3.52. The quantitative estimate of drug-likeness (QED) is 0.741. The molecule has 0 bridgehead atoms. The maximum atomic E-state index is 5.80. The van der Waals surface area contributed by atoms with Gasteiger partial charge in [0.1, 0.15) is 0 Å². The van der Waals surface area contributed by atoms with Crippen LogP contribution in [0.15, 0.2) is 23.4 Å². The topological polar surface area (TPSA) is 50.9 Å². The van der Waals surface area contributed by atoms with Gasteiger partial charge in [0, 0.05) is 22.9 Å². The van der Waals surface area contributed by atoms with E-state index < -0.39 is 0 Å². The molecule has 0 spiro atoms. The van der Waals surface area contributed by atoms with Gasteiger partial charge in [-0.1, -0.05) is 0 Å². The first kappa shape index (κ1) is 9.80. The molecule has 1 atom stereocenters. The van der Waals surface area contributed by atoms with Crippen molar-refractivity contribution >= 4 is 17.4 Å². The van der Waals surface area contributed by atoms with E-state index in [9.17, 15) is 0 Å². The molecule has 14 heavy (non-hydrogen) atoms. The van der Waals surface area contributed by atoms with Crippen molar-refractivity contribution in [2.45, 2.75) is 23.8 Å². The zero-order chi connectivity index (χ0) is 9.80. The van der Waals surface area contributed by atoms with Gasteiger partial charge in [0.2, 0.25) is 0 Å². The summed E-state index contributed by atoms with van der Waals surface area (Å²) in [6, 6.07) is 2.64. The lowest BCUT2D eigenvalue weighted by Gasteiger charge is -2.10. The van der Waals surface area contributed by atoms with Crippen molar-refractivity contribution in [3.8, 4) is 0 Å². The Morgan fingerprint density at radius 3 is 3.29 bits per heavy atom. The summed E-state index contributed by atoms with van der Waals surface area (Å²) in [5, 5.41) is 3.47. The number of nitrogens with two attached hydrogens (primary N) is 1. The lowest BCUT2D eigenvalue weighted by Crippen LogP contribution is -2.23. The number of nitrogens with zero attached hydrogens (tertiary/aromatic N) is 1. The van der Waals surface area contributed by atoms with Crippen LogP contribution in [0, 0.1) is 0 Å². The number of aromatic nitrogens is 1. The Kier molecular flexibility index (Phi) is 3.26. The van der Waals surface area contributed by atoms with Gasteiger partial charge in [-0.05, 0) is 25.5 Å². The van der Waals surface area contributed by atoms with Crippen LogP contribution in [-0.2, 0) is 0 Å². The Balaban J connectivity index is 1.88. The first-order chi connectivity index (χ1) is 6.86. The number of nitrogens with one attached hydrogen (secondary N) is 1. The molecule has 1 aliphatic rings. The molecule has 0 saturated carbocycles. The van der Waals surface area contributed by atoms with Crippen LogP contribution in [0.2, 0.25) is 0 Å². The zero-order valence-electron chi connectivity index (χ0n) is 8.07. The molecule has 1 aromatic heterocycles. The number of rotatable bonds is 3. The molecular weight excluding hydrogens is 194 g/mol. The van der Waals surface area contributed by atoms with Crippen molar-refractivity contribution in [3.63, 3.8) is 0 Å². The van der Waals surface area contributed by atoms with E-state index in [-0.39, 0.29) is 0 Å². The van der Waals surface area contributed by atoms with Crippen molar-refractivity contribution in [2.75, 3.05) is 18.0 Å². The van der Waals surface area contributed by atoms with Gasteiger partial charge in [-0.15, -0.1) is 11.8 Å². The summed E-state index contributed by atoms with van der Waals surface area (Å²) in [5.41, 5.74) is 6.59. The van der Waals surface area contributed by atoms with E-state index in [0.29, 0.717) is 6.04 Å². The number of hydrogen-bond acceptors (Lipinski definition) is 4. The molecule has 2 heterocycles. The van der Waals surface area contributed by atoms with E-state index in [0.717, 1.165) is 22.9 Å². The molecule has 4 heteroatoms. The van der Waals surface area contributed by atoms with Crippen LogP contribution in [0.3, 0.4) is 0 Å². The lowest BCUT2D eigenvalue weighted by molar-refractivity contribution is 0.674. The predicted octanol–water partition coefficient (Wildman–Crippen LogP) is 1.51. The Bertz CT molecular complexity index is 297. The molecule has 0 amide bonds. The van der Waals surface area contributed by atoms with Crippen LogP contribution in [0.1, 0.15) is 12.8 Å². The van der Waals surface area contributed by atoms with Gasteiger partial charge >= 0.3 is 0 Å². The van der Waals surface area contributed by atoms with Gasteiger partial charge < -0.3 is 11.1 Å². The summed E-state index contributed by atoms with van der Waals surface area (Å²) < 4.78 is 0. The third-order valence-corrected chi connectivity index (χ3v) is 3.66. The van der Waals surface area contributed by atoms with Crippen LogP contribution >= 0.6 is 11.8 Å². The normalized spacial score (nSPS) is 21.3. The molecular formula is C10H15N3S. The number of nitrogen functional groups attached to an aromatic ring is 1. The Morgan fingerprint density at radius 1 is 1.64 bits per heavy atom. The van der Waals surface area contributed by atoms with Gasteiger partial charge in [0.15, 0.2) is 0 Å². The zero-order valence-corrected chi connectivity index (χ0v) is 8.89. The molecule has 0 aliphatic carbocycles. The van der Waals surface area contributed by atoms with Crippen LogP contribution in [0.5, 0.6) is 0 Å². The van der Waals surface area contributed by atoms with Gasteiger partial charge in [0.25, 0.3) is 0 Å². The van der Waals surface area contributed by atoms with Gasteiger partial charge in [-0.3, -0.25) is 4.98 Å². The smallest absolute Gasteiger partial charge is 0.0638 e. The van der Waals surface area contributed by atoms with Gasteiger partial charge in [-0.25, -0.2) is 0 Å². The average Bonchev–Trinajstić information content (AvgIpc) is 2.69. The fourth-order valence-corrected chi connectivity index (χ4v) is 2.66. The minimum absolute atomic E-state index is 0.660. The maximum absolute atomic E-state index is 5.80. The summed E-state index contributed by atoms with van der Waals surface area (Å²) in [6.07, 6.45) is 6.10. The summed E-state index contributed by atoms with van der Waals surface area (Å²) >= 11 is 1.82. The number of pyridine rings is 1. The predicted molar refractivity (Wildman–Crippen MR) is 60.4 cm³/mol. The fraction of sp³-hybridized carbons (Fsp3) is 0.500. The Morgan fingerprint density at radius 2 is 2.57 bits per heavy atom. The van der Waals surface area contributed by atoms with Gasteiger partial charge in [0.05, 0.1) is 11.9 Å². The maximum Gasteiger partial charge on any atom is 0.0638 e. The number of thioether (sulfide) groups is 1. The summed E-state index contributed by atoms with van der Waals surface area (Å²) in [6.45, 7) is 1.16. The first-order valence-electron chi connectivity index (χ1n) is 4.92. The molecule has 3 nitrogen and oxygen atoms in total. The average molecular weight is 209 g/mol. The molecule has 0 aromatic carbocycles. The van der Waals surface area contributed by atoms with Crippen molar-refractivity contribution in [2.24, 2.45) is 0 Å². The van der Waals surface area contributed by atoms with Crippen molar-refractivity contribution < 1.29 is 0 Å². The monoisotopic (exact) mass is 209 g/mol. The molecule has 3 N–H and O–H groups in total. The third-order valence-electron chi connectivity index (χ3n) is 2.41. The highest BCUT2D eigenvalue weighted by Crippen LogP contribution is 2.25. The third kappa shape index (κ3) is 2.39. The summed E-state index contributed by atoms with van der Waals surface area (Å²) in [5.74, 6) is 1.11. The molecule has 0 unspecified atom stereocenters. The van der Waals surface area contributed by atoms with Crippen molar-refractivity contribution in [3.05, 3.63) is 18.5 Å². The molecule has 1 aliphatic heterocycles. The Labute approximate surface area is 88.5 Å². The molecule has 1 aromatic rings. The van der Waals surface area contributed by atoms with Crippen molar-refractivity contribution in [1.82, 2.24) is 10.3 Å². The second-order valence-corrected chi connectivity index (χ2v) is 4.58. The van der Waals surface area contributed by atoms with Crippen LogP contribution in [-0.4, -0.2) is 23.3 Å². The molecule has 0 radical (unpaired) electrons. The van der Waals surface area contributed by atoms with E-state index in [1.165, 1.54) is 12.8 Å². The lowest BCUT2D eigenvalue weighted by atomic mass is 10.3. The minimum Gasteiger partial charge on any atom is -0.397 e. The summed E-state index contributed by atoms with van der Waals surface area (Å²) in [7, 11) is 0. The van der Waals surface area contributed by atoms with E-state index in [1.54, 1.807) is 12.4 Å². The van der Waals surface area contributed by atoms with E-state index in [4.69, 9.17) is 5.73 Å². The number of hydrogen-bond donors (Lipinski definition) is 2. The Hall–Kier alpha value is -0.740. The largest absolute Gasteiger partial charge is 0.397 e. The second kappa shape index (κ2) is 4.66.